The number of thiophene rings is 1. The largest absolute Gasteiger partial charge is 0.496 e. The van der Waals surface area contributed by atoms with Crippen molar-refractivity contribution < 1.29 is 92.5 Å². The Hall–Kier alpha value is -3.54. The number of ether oxygens (including phenoxy) is 2. The minimum Gasteiger partial charge on any atom is -0.496 e. The summed E-state index contributed by atoms with van der Waals surface area (Å²) >= 11 is 1.51. The molecule has 1 aromatic heterocycles. The maximum atomic E-state index is 14.3. The monoisotopic (exact) mass is 905 g/mol. The Kier molecular flexibility index (Phi) is 14.2. The van der Waals surface area contributed by atoms with Crippen molar-refractivity contribution in [3.05, 3.63) is 70.4 Å². The normalized spacial score (nSPS) is 14.8. The van der Waals surface area contributed by atoms with Gasteiger partial charge in [0.1, 0.15) is 11.5 Å². The standard InChI is InChI=1S/C34H32F17NO4S2/c1-4-58(53,54)52(17-20(2)21-6-8-22(9-7-21)24-12-15-57-19-24)18-23-10-11-25(16-26(23)55-3)56-14-5-13-27(35,36)28(37,38)29(39,40)30(41,42)31(43,44)32(45,46)33(47,48)34(49,50)51/h6-12,15-16,19-20H,4-5,13-14,17-18H2,1-3H3. The summed E-state index contributed by atoms with van der Waals surface area (Å²) in [5.41, 5.74) is 2.96. The van der Waals surface area contributed by atoms with Gasteiger partial charge < -0.3 is 9.47 Å². The number of sulfonamides is 1. The third-order valence-corrected chi connectivity index (χ3v) is 11.3. The van der Waals surface area contributed by atoms with Crippen LogP contribution in [0.4, 0.5) is 74.6 Å². The highest BCUT2D eigenvalue weighted by Gasteiger charge is 2.95. The Morgan fingerprint density at radius 2 is 1.24 bits per heavy atom. The first-order valence-electron chi connectivity index (χ1n) is 16.4. The minimum absolute atomic E-state index is 0.0146. The first kappa shape index (κ1) is 48.8. The van der Waals surface area contributed by atoms with E-state index >= 15 is 0 Å². The predicted molar refractivity (Wildman–Crippen MR) is 176 cm³/mol. The molecule has 0 spiro atoms. The van der Waals surface area contributed by atoms with E-state index in [0.29, 0.717) is 0 Å². The van der Waals surface area contributed by atoms with E-state index in [9.17, 15) is 83.1 Å². The highest BCUT2D eigenvalue weighted by molar-refractivity contribution is 7.89. The summed E-state index contributed by atoms with van der Waals surface area (Å²) in [5.74, 6) is -57.8. The van der Waals surface area contributed by atoms with Crippen LogP contribution >= 0.6 is 11.3 Å². The van der Waals surface area contributed by atoms with Gasteiger partial charge in [0.05, 0.1) is 19.5 Å². The summed E-state index contributed by atoms with van der Waals surface area (Å²) in [7, 11) is -2.75. The second-order valence-electron chi connectivity index (χ2n) is 12.8. The second-order valence-corrected chi connectivity index (χ2v) is 15.8. The summed E-state index contributed by atoms with van der Waals surface area (Å²) in [4.78, 5) is 0. The molecule has 328 valence electrons. The molecule has 2 aromatic carbocycles. The zero-order valence-electron chi connectivity index (χ0n) is 29.9. The van der Waals surface area contributed by atoms with Crippen molar-refractivity contribution in [3.8, 4) is 22.6 Å². The van der Waals surface area contributed by atoms with Gasteiger partial charge in [0.15, 0.2) is 0 Å². The van der Waals surface area contributed by atoms with E-state index in [1.807, 2.05) is 41.1 Å². The number of rotatable bonds is 20. The van der Waals surface area contributed by atoms with Gasteiger partial charge in [-0.2, -0.15) is 90.3 Å². The Bertz CT molecular complexity index is 1940. The molecule has 58 heavy (non-hydrogen) atoms. The van der Waals surface area contributed by atoms with E-state index in [0.717, 1.165) is 40.2 Å². The van der Waals surface area contributed by atoms with Crippen LogP contribution in [0.25, 0.3) is 11.1 Å². The highest BCUT2D eigenvalue weighted by Crippen LogP contribution is 2.64. The molecule has 3 rings (SSSR count). The molecule has 1 atom stereocenters. The average molecular weight is 906 g/mol. The first-order valence-corrected chi connectivity index (χ1v) is 18.9. The molecule has 24 heteroatoms. The van der Waals surface area contributed by atoms with E-state index in [1.165, 1.54) is 24.3 Å². The molecule has 0 fully saturated rings. The van der Waals surface area contributed by atoms with E-state index < -0.39 is 77.1 Å². The van der Waals surface area contributed by atoms with Gasteiger partial charge in [0.2, 0.25) is 10.0 Å². The first-order chi connectivity index (χ1) is 26.3. The zero-order chi connectivity index (χ0) is 44.6. The summed E-state index contributed by atoms with van der Waals surface area (Å²) < 4.78 is 268. The van der Waals surface area contributed by atoms with E-state index in [4.69, 9.17) is 9.47 Å². The Labute approximate surface area is 323 Å². The minimum atomic E-state index is -8.69. The molecule has 0 radical (unpaired) electrons. The van der Waals surface area contributed by atoms with Crippen LogP contribution in [0, 0.1) is 0 Å². The summed E-state index contributed by atoms with van der Waals surface area (Å²) in [6.07, 6.45) is -12.0. The third kappa shape index (κ3) is 8.97. The molecule has 0 aliphatic rings. The third-order valence-electron chi connectivity index (χ3n) is 8.87. The van der Waals surface area contributed by atoms with Crippen LogP contribution in [-0.2, 0) is 16.6 Å². The van der Waals surface area contributed by atoms with Crippen LogP contribution in [0.5, 0.6) is 11.5 Å². The van der Waals surface area contributed by atoms with Crippen molar-refractivity contribution in [3.63, 3.8) is 0 Å². The molecule has 0 saturated carbocycles. The van der Waals surface area contributed by atoms with Crippen LogP contribution in [0.15, 0.2) is 59.3 Å². The average Bonchev–Trinajstić information content (AvgIpc) is 3.68. The molecule has 0 aliphatic carbocycles. The van der Waals surface area contributed by atoms with Crippen molar-refractivity contribution in [2.24, 2.45) is 0 Å². The summed E-state index contributed by atoms with van der Waals surface area (Å²) in [6.45, 7) is 1.73. The van der Waals surface area contributed by atoms with Crippen molar-refractivity contribution in [2.45, 2.75) is 86.8 Å². The number of hydrogen-bond acceptors (Lipinski definition) is 5. The molecule has 1 heterocycles. The summed E-state index contributed by atoms with van der Waals surface area (Å²) in [5, 5.41) is 3.86. The molecule has 0 N–H and O–H groups in total. The fourth-order valence-electron chi connectivity index (χ4n) is 5.28. The molecule has 0 amide bonds. The molecular formula is C34H32F17NO4S2. The predicted octanol–water partition coefficient (Wildman–Crippen LogP) is 11.5. The molecule has 5 nitrogen and oxygen atoms in total. The van der Waals surface area contributed by atoms with Gasteiger partial charge in [0.25, 0.3) is 0 Å². The van der Waals surface area contributed by atoms with Crippen LogP contribution in [0.2, 0.25) is 0 Å². The second kappa shape index (κ2) is 16.8. The van der Waals surface area contributed by atoms with Gasteiger partial charge in [-0.25, -0.2) is 8.42 Å². The van der Waals surface area contributed by atoms with Gasteiger partial charge >= 0.3 is 47.6 Å². The van der Waals surface area contributed by atoms with E-state index in [2.05, 4.69) is 0 Å². The SMILES string of the molecule is CCS(=O)(=O)N(Cc1ccc(OCCCC(F)(F)C(F)(F)C(F)(F)C(F)(F)C(F)(F)C(F)(F)C(F)(F)C(F)(F)F)cc1OC)CC(C)c1ccc(-c2ccsc2)cc1. The molecule has 3 aromatic rings. The molecule has 0 bridgehead atoms. The van der Waals surface area contributed by atoms with Crippen molar-refractivity contribution in [1.82, 2.24) is 4.31 Å². The fraction of sp³-hybridized carbons (Fsp3) is 0.529. The van der Waals surface area contributed by atoms with Crippen LogP contribution < -0.4 is 9.47 Å². The fourth-order valence-corrected chi connectivity index (χ4v) is 7.09. The van der Waals surface area contributed by atoms with Gasteiger partial charge in [-0.3, -0.25) is 0 Å². The Morgan fingerprint density at radius 3 is 1.72 bits per heavy atom. The lowest BCUT2D eigenvalue weighted by molar-refractivity contribution is -0.461. The topological polar surface area (TPSA) is 55.8 Å². The maximum absolute atomic E-state index is 14.3. The van der Waals surface area contributed by atoms with Crippen molar-refractivity contribution in [1.29, 1.82) is 0 Å². The highest BCUT2D eigenvalue weighted by atomic mass is 32.2. The van der Waals surface area contributed by atoms with Gasteiger partial charge in [-0.1, -0.05) is 37.3 Å². The molecule has 1 unspecified atom stereocenters. The number of methoxy groups -OCH3 is 1. The van der Waals surface area contributed by atoms with Gasteiger partial charge in [-0.05, 0) is 58.8 Å². The lowest BCUT2D eigenvalue weighted by Crippen LogP contribution is -2.74. The van der Waals surface area contributed by atoms with Crippen LogP contribution in [0.3, 0.4) is 0 Å². The zero-order valence-corrected chi connectivity index (χ0v) is 31.5. The molecule has 0 aliphatic heterocycles. The number of halogens is 17. The number of alkyl halides is 17. The van der Waals surface area contributed by atoms with E-state index in [-0.39, 0.29) is 41.8 Å². The van der Waals surface area contributed by atoms with Gasteiger partial charge in [0, 0.05) is 31.1 Å². The summed E-state index contributed by atoms with van der Waals surface area (Å²) in [6, 6.07) is 12.8. The van der Waals surface area contributed by atoms with Crippen molar-refractivity contribution in [2.75, 3.05) is 26.0 Å². The quantitative estimate of drug-likeness (QED) is 0.0837. The smallest absolute Gasteiger partial charge is 0.460 e. The Morgan fingerprint density at radius 1 is 0.707 bits per heavy atom. The van der Waals surface area contributed by atoms with Gasteiger partial charge in [-0.15, -0.1) is 0 Å². The maximum Gasteiger partial charge on any atom is 0.460 e. The number of hydrogen-bond donors (Lipinski definition) is 0. The Balaban J connectivity index is 1.73. The number of nitrogens with zero attached hydrogens (tertiary/aromatic N) is 1. The number of benzene rings is 2. The molecular weight excluding hydrogens is 873 g/mol. The van der Waals surface area contributed by atoms with Crippen LogP contribution in [0.1, 0.15) is 43.7 Å². The van der Waals surface area contributed by atoms with Crippen LogP contribution in [-0.4, -0.2) is 86.4 Å². The lowest BCUT2D eigenvalue weighted by Gasteiger charge is -2.42. The lowest BCUT2D eigenvalue weighted by atomic mass is 9.88. The molecule has 0 saturated heterocycles. The van der Waals surface area contributed by atoms with Crippen molar-refractivity contribution >= 4 is 21.4 Å². The van der Waals surface area contributed by atoms with E-state index in [1.54, 1.807) is 6.92 Å².